The summed E-state index contributed by atoms with van der Waals surface area (Å²) in [5.41, 5.74) is 1.01. The van der Waals surface area contributed by atoms with Gasteiger partial charge >= 0.3 is 0 Å². The quantitative estimate of drug-likeness (QED) is 0.770. The molecule has 1 atom stereocenters. The minimum Gasteiger partial charge on any atom is -0.382 e. The summed E-state index contributed by atoms with van der Waals surface area (Å²) in [6, 6.07) is 8.96. The molecule has 0 spiro atoms. The summed E-state index contributed by atoms with van der Waals surface area (Å²) in [4.78, 5) is 23.9. The molecular weight excluding hydrogens is 268 g/mol. The van der Waals surface area contributed by atoms with Gasteiger partial charge in [0.1, 0.15) is 6.04 Å². The number of rotatable bonds is 8. The standard InChI is InChI=1S/C16H24N2O3.2H2/c1-12(2)9-15(19)18-14(11-21-3)16(20)17-10-13-7-5-4-6-8-13;;/h4-8,12,14H,9-11H2,1-3H3,(H,17,20)(H,18,19);2*1H/t14-;;/m0../s1. The first-order chi connectivity index (χ1) is 10.0. The fraction of sp³-hybridized carbons (Fsp3) is 0.500. The lowest BCUT2D eigenvalue weighted by Gasteiger charge is -2.18. The molecule has 0 fully saturated rings. The Kier molecular flexibility index (Phi) is 7.46. The lowest BCUT2D eigenvalue weighted by Crippen LogP contribution is -2.49. The van der Waals surface area contributed by atoms with Crippen LogP contribution in [-0.2, 0) is 20.9 Å². The lowest BCUT2D eigenvalue weighted by molar-refractivity contribution is -0.130. The lowest BCUT2D eigenvalue weighted by atomic mass is 10.1. The second-order valence-electron chi connectivity index (χ2n) is 5.38. The molecule has 5 nitrogen and oxygen atoms in total. The molecule has 0 bridgehead atoms. The number of amides is 2. The molecule has 0 aliphatic carbocycles. The third-order valence-electron chi connectivity index (χ3n) is 2.89. The molecule has 2 amide bonds. The topological polar surface area (TPSA) is 67.4 Å². The maximum Gasteiger partial charge on any atom is 0.245 e. The molecule has 120 valence electrons. The van der Waals surface area contributed by atoms with E-state index in [-0.39, 0.29) is 27.2 Å². The normalized spacial score (nSPS) is 12.0. The van der Waals surface area contributed by atoms with Gasteiger partial charge in [-0.1, -0.05) is 44.2 Å². The molecule has 0 radical (unpaired) electrons. The molecule has 1 aromatic carbocycles. The van der Waals surface area contributed by atoms with Crippen LogP contribution in [0.25, 0.3) is 0 Å². The van der Waals surface area contributed by atoms with Gasteiger partial charge in [-0.05, 0) is 11.5 Å². The number of carbonyl (C=O) groups is 2. The molecule has 0 heterocycles. The van der Waals surface area contributed by atoms with Gasteiger partial charge in [0, 0.05) is 22.9 Å². The van der Waals surface area contributed by atoms with Crippen LogP contribution in [0.3, 0.4) is 0 Å². The zero-order valence-electron chi connectivity index (χ0n) is 12.9. The summed E-state index contributed by atoms with van der Waals surface area (Å²) >= 11 is 0. The average molecular weight is 296 g/mol. The fourth-order valence-electron chi connectivity index (χ4n) is 1.88. The van der Waals surface area contributed by atoms with Crippen LogP contribution in [0.15, 0.2) is 30.3 Å². The molecule has 1 rings (SSSR count). The van der Waals surface area contributed by atoms with Crippen LogP contribution in [0.1, 0.15) is 28.7 Å². The summed E-state index contributed by atoms with van der Waals surface area (Å²) in [7, 11) is 1.51. The van der Waals surface area contributed by atoms with Crippen molar-refractivity contribution in [2.24, 2.45) is 5.92 Å². The maximum atomic E-state index is 12.1. The van der Waals surface area contributed by atoms with Crippen molar-refractivity contribution in [3.63, 3.8) is 0 Å². The van der Waals surface area contributed by atoms with Crippen LogP contribution in [0.4, 0.5) is 0 Å². The van der Waals surface area contributed by atoms with Crippen molar-refractivity contribution >= 4 is 11.8 Å². The van der Waals surface area contributed by atoms with Gasteiger partial charge in [-0.2, -0.15) is 0 Å². The van der Waals surface area contributed by atoms with Crippen LogP contribution < -0.4 is 10.6 Å². The Balaban J connectivity index is 0. The molecule has 1 aromatic rings. The highest BCUT2D eigenvalue weighted by atomic mass is 16.5. The van der Waals surface area contributed by atoms with Crippen molar-refractivity contribution in [1.29, 1.82) is 0 Å². The van der Waals surface area contributed by atoms with Crippen LogP contribution >= 0.6 is 0 Å². The predicted octanol–water partition coefficient (Wildman–Crippen LogP) is 1.97. The van der Waals surface area contributed by atoms with E-state index in [2.05, 4.69) is 10.6 Å². The van der Waals surface area contributed by atoms with E-state index in [0.29, 0.717) is 13.0 Å². The Morgan fingerprint density at radius 1 is 1.24 bits per heavy atom. The third-order valence-corrected chi connectivity index (χ3v) is 2.89. The minimum absolute atomic E-state index is 0. The second kappa shape index (κ2) is 9.13. The summed E-state index contributed by atoms with van der Waals surface area (Å²) in [5.74, 6) is -0.125. The van der Waals surface area contributed by atoms with Crippen molar-refractivity contribution in [3.8, 4) is 0 Å². The van der Waals surface area contributed by atoms with E-state index in [1.807, 2.05) is 44.2 Å². The third kappa shape index (κ3) is 6.90. The Morgan fingerprint density at radius 2 is 1.90 bits per heavy atom. The predicted molar refractivity (Wildman–Crippen MR) is 85.8 cm³/mol. The van der Waals surface area contributed by atoms with Gasteiger partial charge in [0.05, 0.1) is 6.61 Å². The van der Waals surface area contributed by atoms with Crippen molar-refractivity contribution in [3.05, 3.63) is 35.9 Å². The Hall–Kier alpha value is -1.88. The summed E-state index contributed by atoms with van der Waals surface area (Å²) in [6.07, 6.45) is 0.395. The average Bonchev–Trinajstić information content (AvgIpc) is 2.44. The van der Waals surface area contributed by atoms with Gasteiger partial charge in [0.15, 0.2) is 0 Å². The molecular formula is C16H28N2O3. The molecule has 5 heteroatoms. The van der Waals surface area contributed by atoms with Gasteiger partial charge in [-0.25, -0.2) is 0 Å². The van der Waals surface area contributed by atoms with Crippen LogP contribution in [0, 0.1) is 5.92 Å². The minimum atomic E-state index is -0.662. The Morgan fingerprint density at radius 3 is 2.48 bits per heavy atom. The molecule has 21 heavy (non-hydrogen) atoms. The Bertz CT molecular complexity index is 456. The second-order valence-corrected chi connectivity index (χ2v) is 5.38. The van der Waals surface area contributed by atoms with Crippen LogP contribution in [0.5, 0.6) is 0 Å². The molecule has 0 aromatic heterocycles. The van der Waals surface area contributed by atoms with E-state index >= 15 is 0 Å². The van der Waals surface area contributed by atoms with Crippen LogP contribution in [0.2, 0.25) is 0 Å². The maximum absolute atomic E-state index is 12.1. The van der Waals surface area contributed by atoms with Gasteiger partial charge in [0.2, 0.25) is 11.8 Å². The van der Waals surface area contributed by atoms with Gasteiger partial charge in [-0.3, -0.25) is 9.59 Å². The molecule has 2 N–H and O–H groups in total. The highest BCUT2D eigenvalue weighted by Gasteiger charge is 2.20. The number of hydrogen-bond acceptors (Lipinski definition) is 3. The van der Waals surface area contributed by atoms with Gasteiger partial charge in [-0.15, -0.1) is 0 Å². The summed E-state index contributed by atoms with van der Waals surface area (Å²) < 4.78 is 5.01. The van der Waals surface area contributed by atoms with E-state index < -0.39 is 6.04 Å². The first kappa shape index (κ1) is 17.2. The highest BCUT2D eigenvalue weighted by Crippen LogP contribution is 2.01. The zero-order valence-corrected chi connectivity index (χ0v) is 12.9. The summed E-state index contributed by atoms with van der Waals surface area (Å²) in [5, 5.41) is 5.52. The first-order valence-corrected chi connectivity index (χ1v) is 7.13. The smallest absolute Gasteiger partial charge is 0.245 e. The van der Waals surface area contributed by atoms with E-state index in [9.17, 15) is 9.59 Å². The molecule has 0 unspecified atom stereocenters. The number of hydrogen-bond donors (Lipinski definition) is 2. The van der Waals surface area contributed by atoms with Gasteiger partial charge in [0.25, 0.3) is 0 Å². The first-order valence-electron chi connectivity index (χ1n) is 7.13. The Labute approximate surface area is 129 Å². The number of benzene rings is 1. The van der Waals surface area contributed by atoms with Crippen molar-refractivity contribution in [2.45, 2.75) is 32.9 Å². The zero-order chi connectivity index (χ0) is 15.7. The highest BCUT2D eigenvalue weighted by molar-refractivity contribution is 5.87. The van der Waals surface area contributed by atoms with E-state index in [0.717, 1.165) is 5.56 Å². The summed E-state index contributed by atoms with van der Waals surface area (Å²) in [6.45, 7) is 4.51. The number of ether oxygens (including phenoxy) is 1. The monoisotopic (exact) mass is 296 g/mol. The van der Waals surface area contributed by atoms with E-state index in [4.69, 9.17) is 4.74 Å². The van der Waals surface area contributed by atoms with E-state index in [1.54, 1.807) is 0 Å². The SMILES string of the molecule is COC[C@H](NC(=O)CC(C)C)C(=O)NCc1ccccc1.[HH].[HH]. The molecule has 0 saturated heterocycles. The van der Waals surface area contributed by atoms with E-state index in [1.165, 1.54) is 7.11 Å². The molecule has 0 aliphatic heterocycles. The fourth-order valence-corrected chi connectivity index (χ4v) is 1.88. The van der Waals surface area contributed by atoms with Crippen molar-refractivity contribution in [1.82, 2.24) is 10.6 Å². The van der Waals surface area contributed by atoms with Crippen LogP contribution in [-0.4, -0.2) is 31.6 Å². The molecule has 0 saturated carbocycles. The van der Waals surface area contributed by atoms with Crippen molar-refractivity contribution in [2.75, 3.05) is 13.7 Å². The number of nitrogens with one attached hydrogen (secondary N) is 2. The van der Waals surface area contributed by atoms with Gasteiger partial charge < -0.3 is 15.4 Å². The largest absolute Gasteiger partial charge is 0.382 e. The number of carbonyl (C=O) groups excluding carboxylic acids is 2. The van der Waals surface area contributed by atoms with Crippen molar-refractivity contribution < 1.29 is 17.2 Å². The number of methoxy groups -OCH3 is 1. The molecule has 0 aliphatic rings.